The van der Waals surface area contributed by atoms with Gasteiger partial charge in [0.1, 0.15) is 0 Å². The highest BCUT2D eigenvalue weighted by atomic mass is 32.2. The van der Waals surface area contributed by atoms with Gasteiger partial charge in [-0.05, 0) is 44.0 Å². The van der Waals surface area contributed by atoms with Crippen molar-refractivity contribution < 1.29 is 13.2 Å². The Labute approximate surface area is 137 Å². The summed E-state index contributed by atoms with van der Waals surface area (Å²) in [6.07, 6.45) is 0.654. The number of anilines is 1. The maximum absolute atomic E-state index is 12.7. The minimum Gasteiger partial charge on any atom is -0.336 e. The van der Waals surface area contributed by atoms with Crippen molar-refractivity contribution in [3.05, 3.63) is 29.3 Å². The Morgan fingerprint density at radius 1 is 1.30 bits per heavy atom. The molecule has 6 nitrogen and oxygen atoms in total. The van der Waals surface area contributed by atoms with E-state index in [4.69, 9.17) is 0 Å². The number of nitrogens with one attached hydrogen (secondary N) is 1. The summed E-state index contributed by atoms with van der Waals surface area (Å²) in [7, 11) is -3.19. The molecular weight excluding hydrogens is 314 g/mol. The number of carbonyl (C=O) groups is 1. The first-order valence-electron chi connectivity index (χ1n) is 8.02. The number of hydrogen-bond donors (Lipinski definition) is 1. The molecule has 1 unspecified atom stereocenters. The normalized spacial score (nSPS) is 24.0. The van der Waals surface area contributed by atoms with Gasteiger partial charge in [-0.25, -0.2) is 8.42 Å². The van der Waals surface area contributed by atoms with Crippen LogP contribution in [0.3, 0.4) is 0 Å². The van der Waals surface area contributed by atoms with Crippen LogP contribution in [-0.2, 0) is 10.0 Å². The fourth-order valence-corrected chi connectivity index (χ4v) is 4.82. The highest BCUT2D eigenvalue weighted by Crippen LogP contribution is 2.26. The highest BCUT2D eigenvalue weighted by Gasteiger charge is 2.29. The molecule has 23 heavy (non-hydrogen) atoms. The van der Waals surface area contributed by atoms with E-state index < -0.39 is 10.0 Å². The topological polar surface area (TPSA) is 69.7 Å². The second-order valence-electron chi connectivity index (χ2n) is 6.35. The van der Waals surface area contributed by atoms with Crippen molar-refractivity contribution in [1.82, 2.24) is 10.2 Å². The number of aryl methyl sites for hydroxylation is 1. The Morgan fingerprint density at radius 3 is 2.70 bits per heavy atom. The van der Waals surface area contributed by atoms with Crippen LogP contribution < -0.4 is 9.62 Å². The first-order valence-corrected chi connectivity index (χ1v) is 9.63. The van der Waals surface area contributed by atoms with Gasteiger partial charge in [0.05, 0.1) is 11.4 Å². The number of hydrogen-bond acceptors (Lipinski definition) is 4. The molecule has 2 aliphatic heterocycles. The molecule has 1 N–H and O–H groups in total. The number of amides is 1. The number of rotatable bonds is 2. The predicted octanol–water partition coefficient (Wildman–Crippen LogP) is 0.969. The number of nitrogens with zero attached hydrogens (tertiary/aromatic N) is 2. The fraction of sp³-hybridized carbons (Fsp3) is 0.562. The molecule has 0 radical (unpaired) electrons. The lowest BCUT2D eigenvalue weighted by molar-refractivity contribution is 0.0708. The lowest BCUT2D eigenvalue weighted by Gasteiger charge is -2.32. The Balaban J connectivity index is 1.83. The molecule has 126 valence electrons. The molecule has 0 aromatic heterocycles. The molecule has 1 aromatic carbocycles. The third kappa shape index (κ3) is 3.21. The average molecular weight is 337 g/mol. The summed E-state index contributed by atoms with van der Waals surface area (Å²) in [5, 5.41) is 3.32. The molecule has 0 spiro atoms. The predicted molar refractivity (Wildman–Crippen MR) is 90.3 cm³/mol. The molecule has 2 fully saturated rings. The molecule has 0 saturated carbocycles. The van der Waals surface area contributed by atoms with Gasteiger partial charge >= 0.3 is 0 Å². The summed E-state index contributed by atoms with van der Waals surface area (Å²) in [5.41, 5.74) is 2.13. The van der Waals surface area contributed by atoms with Gasteiger partial charge in [0.2, 0.25) is 10.0 Å². The first-order chi connectivity index (χ1) is 10.9. The van der Waals surface area contributed by atoms with Gasteiger partial charge in [-0.2, -0.15) is 0 Å². The van der Waals surface area contributed by atoms with Gasteiger partial charge in [0.15, 0.2) is 0 Å². The Kier molecular flexibility index (Phi) is 4.33. The molecule has 1 aromatic rings. The van der Waals surface area contributed by atoms with Crippen LogP contribution >= 0.6 is 0 Å². The van der Waals surface area contributed by atoms with Crippen molar-refractivity contribution in [2.45, 2.75) is 26.3 Å². The first kappa shape index (κ1) is 16.3. The standard InChI is InChI=1S/C16H23N3O3S/c1-12-10-14(19-7-3-9-23(19,21)22)4-5-15(12)16(20)18-8-6-17-13(2)11-18/h4-5,10,13,17H,3,6-9,11H2,1-2H3. The Hall–Kier alpha value is -1.60. The number of benzene rings is 1. The monoisotopic (exact) mass is 337 g/mol. The van der Waals surface area contributed by atoms with E-state index in [1.807, 2.05) is 17.9 Å². The molecule has 2 saturated heterocycles. The second-order valence-corrected chi connectivity index (χ2v) is 8.36. The lowest BCUT2D eigenvalue weighted by atomic mass is 10.1. The van der Waals surface area contributed by atoms with Crippen molar-refractivity contribution in [3.8, 4) is 0 Å². The van der Waals surface area contributed by atoms with Crippen molar-refractivity contribution in [2.75, 3.05) is 36.2 Å². The molecule has 0 aliphatic carbocycles. The zero-order valence-corrected chi connectivity index (χ0v) is 14.4. The second kappa shape index (κ2) is 6.13. The van der Waals surface area contributed by atoms with Crippen molar-refractivity contribution in [2.24, 2.45) is 0 Å². The van der Waals surface area contributed by atoms with Gasteiger partial charge in [0, 0.05) is 37.8 Å². The lowest BCUT2D eigenvalue weighted by Crippen LogP contribution is -2.51. The van der Waals surface area contributed by atoms with Crippen LogP contribution in [-0.4, -0.2) is 57.2 Å². The zero-order valence-electron chi connectivity index (χ0n) is 13.6. The summed E-state index contributed by atoms with van der Waals surface area (Å²) in [5.74, 6) is 0.220. The van der Waals surface area contributed by atoms with E-state index >= 15 is 0 Å². The maximum atomic E-state index is 12.7. The van der Waals surface area contributed by atoms with E-state index in [1.54, 1.807) is 12.1 Å². The van der Waals surface area contributed by atoms with Crippen LogP contribution in [0.15, 0.2) is 18.2 Å². The largest absolute Gasteiger partial charge is 0.336 e. The molecule has 1 atom stereocenters. The van der Waals surface area contributed by atoms with Crippen LogP contribution in [0.25, 0.3) is 0 Å². The van der Waals surface area contributed by atoms with Gasteiger partial charge in [-0.3, -0.25) is 9.10 Å². The minimum absolute atomic E-state index is 0.0201. The zero-order chi connectivity index (χ0) is 16.6. The minimum atomic E-state index is -3.19. The maximum Gasteiger partial charge on any atom is 0.254 e. The van der Waals surface area contributed by atoms with Gasteiger partial charge in [-0.15, -0.1) is 0 Å². The Morgan fingerprint density at radius 2 is 2.09 bits per heavy atom. The molecular formula is C16H23N3O3S. The van der Waals surface area contributed by atoms with Gasteiger partial charge < -0.3 is 10.2 Å². The number of piperazine rings is 1. The fourth-order valence-electron chi connectivity index (χ4n) is 3.26. The van der Waals surface area contributed by atoms with Crippen LogP contribution in [0.1, 0.15) is 29.3 Å². The number of carbonyl (C=O) groups excluding carboxylic acids is 1. The van der Waals surface area contributed by atoms with Crippen molar-refractivity contribution in [1.29, 1.82) is 0 Å². The van der Waals surface area contributed by atoms with Crippen LogP contribution in [0.5, 0.6) is 0 Å². The summed E-state index contributed by atoms with van der Waals surface area (Å²) in [6.45, 7) is 6.64. The third-order valence-electron chi connectivity index (χ3n) is 4.48. The molecule has 3 rings (SSSR count). The Bertz CT molecular complexity index is 717. The highest BCUT2D eigenvalue weighted by molar-refractivity contribution is 7.93. The smallest absolute Gasteiger partial charge is 0.254 e. The quantitative estimate of drug-likeness (QED) is 0.873. The summed E-state index contributed by atoms with van der Waals surface area (Å²) < 4.78 is 25.5. The molecule has 2 heterocycles. The van der Waals surface area contributed by atoms with E-state index in [0.717, 1.165) is 12.1 Å². The molecule has 1 amide bonds. The summed E-state index contributed by atoms with van der Waals surface area (Å²) in [6, 6.07) is 5.60. The number of sulfonamides is 1. The van der Waals surface area contributed by atoms with Crippen LogP contribution in [0.2, 0.25) is 0 Å². The van der Waals surface area contributed by atoms with E-state index in [1.165, 1.54) is 4.31 Å². The van der Waals surface area contributed by atoms with E-state index in [9.17, 15) is 13.2 Å². The van der Waals surface area contributed by atoms with Crippen LogP contribution in [0, 0.1) is 6.92 Å². The third-order valence-corrected chi connectivity index (χ3v) is 6.35. The molecule has 0 bridgehead atoms. The van der Waals surface area contributed by atoms with Gasteiger partial charge in [-0.1, -0.05) is 0 Å². The van der Waals surface area contributed by atoms with E-state index in [2.05, 4.69) is 12.2 Å². The van der Waals surface area contributed by atoms with E-state index in [-0.39, 0.29) is 11.7 Å². The SMILES string of the molecule is Cc1cc(N2CCCS2(=O)=O)ccc1C(=O)N1CCNC(C)C1. The van der Waals surface area contributed by atoms with Crippen molar-refractivity contribution >= 4 is 21.6 Å². The molecule has 2 aliphatic rings. The summed E-state index contributed by atoms with van der Waals surface area (Å²) >= 11 is 0. The van der Waals surface area contributed by atoms with E-state index in [0.29, 0.717) is 43.3 Å². The van der Waals surface area contributed by atoms with Crippen molar-refractivity contribution in [3.63, 3.8) is 0 Å². The van der Waals surface area contributed by atoms with Crippen LogP contribution in [0.4, 0.5) is 5.69 Å². The molecule has 7 heteroatoms. The average Bonchev–Trinajstić information content (AvgIpc) is 2.86. The van der Waals surface area contributed by atoms with Gasteiger partial charge in [0.25, 0.3) is 5.91 Å². The summed E-state index contributed by atoms with van der Waals surface area (Å²) in [4.78, 5) is 14.5.